The quantitative estimate of drug-likeness (QED) is 0.766. The third-order valence-electron chi connectivity index (χ3n) is 4.54. The molecule has 1 aliphatic heterocycles. The highest BCUT2D eigenvalue weighted by molar-refractivity contribution is 5.45. The molecule has 0 bridgehead atoms. The molecular formula is C17H19FN6O. The molecule has 1 unspecified atom stereocenters. The summed E-state index contributed by atoms with van der Waals surface area (Å²) in [5, 5.41) is 22.6. The largest absolute Gasteiger partial charge is 0.387 e. The summed E-state index contributed by atoms with van der Waals surface area (Å²) in [6, 6.07) is 10.2. The Morgan fingerprint density at radius 3 is 2.68 bits per heavy atom. The molecule has 130 valence electrons. The number of β-amino-alcohol motifs (C(OH)–C–C–N with tert-alkyl or cyclic N) is 1. The number of aliphatic hydroxyl groups excluding tert-OH is 1. The van der Waals surface area contributed by atoms with Gasteiger partial charge in [-0.2, -0.15) is 4.52 Å². The predicted molar refractivity (Wildman–Crippen MR) is 90.8 cm³/mol. The van der Waals surface area contributed by atoms with E-state index in [1.807, 2.05) is 12.1 Å². The lowest BCUT2D eigenvalue weighted by Crippen LogP contribution is -2.48. The molecule has 0 radical (unpaired) electrons. The van der Waals surface area contributed by atoms with Gasteiger partial charge in [-0.3, -0.25) is 4.90 Å². The van der Waals surface area contributed by atoms with Crippen LogP contribution in [0, 0.1) is 5.82 Å². The second-order valence-corrected chi connectivity index (χ2v) is 6.15. The van der Waals surface area contributed by atoms with E-state index in [-0.39, 0.29) is 5.82 Å². The van der Waals surface area contributed by atoms with Gasteiger partial charge in [0.2, 0.25) is 0 Å². The lowest BCUT2D eigenvalue weighted by atomic mass is 10.1. The van der Waals surface area contributed by atoms with E-state index < -0.39 is 6.10 Å². The summed E-state index contributed by atoms with van der Waals surface area (Å²) in [6.45, 7) is 3.59. The van der Waals surface area contributed by atoms with Crippen LogP contribution in [-0.2, 0) is 0 Å². The molecule has 1 atom stereocenters. The summed E-state index contributed by atoms with van der Waals surface area (Å²) >= 11 is 0. The molecule has 1 saturated heterocycles. The molecule has 1 aromatic carbocycles. The Morgan fingerprint density at radius 2 is 1.88 bits per heavy atom. The van der Waals surface area contributed by atoms with Crippen molar-refractivity contribution in [3.63, 3.8) is 0 Å². The van der Waals surface area contributed by atoms with Crippen molar-refractivity contribution >= 4 is 11.5 Å². The summed E-state index contributed by atoms with van der Waals surface area (Å²) in [4.78, 5) is 4.33. The van der Waals surface area contributed by atoms with E-state index in [4.69, 9.17) is 0 Å². The van der Waals surface area contributed by atoms with Crippen LogP contribution in [0.1, 0.15) is 11.7 Å². The summed E-state index contributed by atoms with van der Waals surface area (Å²) in [6.07, 6.45) is 0.763. The van der Waals surface area contributed by atoms with Gasteiger partial charge >= 0.3 is 0 Å². The van der Waals surface area contributed by atoms with Crippen LogP contribution in [0.15, 0.2) is 42.7 Å². The zero-order valence-corrected chi connectivity index (χ0v) is 13.7. The molecule has 1 fully saturated rings. The number of halogens is 1. The fourth-order valence-corrected chi connectivity index (χ4v) is 3.13. The van der Waals surface area contributed by atoms with Crippen LogP contribution >= 0.6 is 0 Å². The molecule has 0 amide bonds. The van der Waals surface area contributed by atoms with Gasteiger partial charge in [0, 0.05) is 38.3 Å². The average molecular weight is 342 g/mol. The van der Waals surface area contributed by atoms with E-state index in [0.29, 0.717) is 12.1 Å². The number of hydrogen-bond acceptors (Lipinski definition) is 6. The van der Waals surface area contributed by atoms with Crippen molar-refractivity contribution in [2.45, 2.75) is 6.10 Å². The lowest BCUT2D eigenvalue weighted by molar-refractivity contribution is 0.106. The molecule has 25 heavy (non-hydrogen) atoms. The first-order chi connectivity index (χ1) is 12.2. The highest BCUT2D eigenvalue weighted by atomic mass is 19.1. The van der Waals surface area contributed by atoms with Gasteiger partial charge in [-0.1, -0.05) is 18.2 Å². The van der Waals surface area contributed by atoms with Gasteiger partial charge in [0.15, 0.2) is 5.65 Å². The first kappa shape index (κ1) is 15.9. The predicted octanol–water partition coefficient (Wildman–Crippen LogP) is 1.12. The molecule has 0 saturated carbocycles. The van der Waals surface area contributed by atoms with Crippen LogP contribution in [0.3, 0.4) is 0 Å². The Morgan fingerprint density at radius 1 is 1.08 bits per heavy atom. The number of piperazine rings is 1. The van der Waals surface area contributed by atoms with Crippen molar-refractivity contribution in [1.29, 1.82) is 0 Å². The maximum atomic E-state index is 13.8. The summed E-state index contributed by atoms with van der Waals surface area (Å²) < 4.78 is 15.4. The van der Waals surface area contributed by atoms with Crippen molar-refractivity contribution in [1.82, 2.24) is 24.7 Å². The first-order valence-electron chi connectivity index (χ1n) is 8.27. The van der Waals surface area contributed by atoms with Gasteiger partial charge in [0.05, 0.1) is 6.10 Å². The van der Waals surface area contributed by atoms with E-state index in [1.165, 1.54) is 6.07 Å². The molecule has 1 N–H and O–H groups in total. The molecule has 2 aromatic heterocycles. The number of hydrogen-bond donors (Lipinski definition) is 1. The van der Waals surface area contributed by atoms with Crippen LogP contribution < -0.4 is 4.90 Å². The molecule has 4 rings (SSSR count). The maximum absolute atomic E-state index is 13.8. The molecule has 0 spiro atoms. The van der Waals surface area contributed by atoms with Crippen LogP contribution in [-0.4, -0.2) is 62.5 Å². The normalized spacial score (nSPS) is 17.1. The number of rotatable bonds is 4. The fraction of sp³-hybridized carbons (Fsp3) is 0.353. The van der Waals surface area contributed by atoms with Gasteiger partial charge in [0.25, 0.3) is 0 Å². The monoisotopic (exact) mass is 342 g/mol. The second-order valence-electron chi connectivity index (χ2n) is 6.15. The third kappa shape index (κ3) is 3.31. The Labute approximate surface area is 144 Å². The number of benzene rings is 1. The Hall–Kier alpha value is -2.58. The third-order valence-corrected chi connectivity index (χ3v) is 4.54. The maximum Gasteiger partial charge on any atom is 0.177 e. The van der Waals surface area contributed by atoms with Gasteiger partial charge in [0.1, 0.15) is 18.0 Å². The number of fused-ring (bicyclic) bond motifs is 1. The van der Waals surface area contributed by atoms with E-state index in [0.717, 1.165) is 37.6 Å². The second kappa shape index (κ2) is 6.73. The average Bonchev–Trinajstić information content (AvgIpc) is 3.10. The number of nitrogens with zero attached hydrogens (tertiary/aromatic N) is 6. The van der Waals surface area contributed by atoms with E-state index >= 15 is 0 Å². The summed E-state index contributed by atoms with van der Waals surface area (Å²) in [7, 11) is 0. The fourth-order valence-electron chi connectivity index (χ4n) is 3.13. The van der Waals surface area contributed by atoms with Crippen LogP contribution in [0.5, 0.6) is 0 Å². The minimum absolute atomic E-state index is 0.352. The van der Waals surface area contributed by atoms with E-state index in [9.17, 15) is 9.50 Å². The van der Waals surface area contributed by atoms with Crippen molar-refractivity contribution in [3.05, 3.63) is 54.1 Å². The highest BCUT2D eigenvalue weighted by Gasteiger charge is 2.22. The van der Waals surface area contributed by atoms with Crippen molar-refractivity contribution in [3.8, 4) is 0 Å². The molecule has 3 heterocycles. The molecular weight excluding hydrogens is 323 g/mol. The Balaban J connectivity index is 1.37. The minimum Gasteiger partial charge on any atom is -0.387 e. The van der Waals surface area contributed by atoms with Crippen LogP contribution in [0.2, 0.25) is 0 Å². The molecule has 0 aliphatic carbocycles. The molecule has 8 heteroatoms. The molecule has 3 aromatic rings. The number of aliphatic hydroxyl groups is 1. The zero-order chi connectivity index (χ0) is 17.2. The van der Waals surface area contributed by atoms with Gasteiger partial charge in [-0.05, 0) is 18.2 Å². The summed E-state index contributed by atoms with van der Waals surface area (Å²) in [5.41, 5.74) is 1.07. The SMILES string of the molecule is OC(CN1CCN(c2ccc3nncn3n2)CC1)c1ccccc1F. The zero-order valence-electron chi connectivity index (χ0n) is 13.7. The lowest BCUT2D eigenvalue weighted by Gasteiger charge is -2.36. The van der Waals surface area contributed by atoms with Gasteiger partial charge in [-0.25, -0.2) is 4.39 Å². The minimum atomic E-state index is -0.820. The Kier molecular flexibility index (Phi) is 4.29. The standard InChI is InChI=1S/C17H19FN6O/c18-14-4-2-1-3-13(14)15(25)11-22-7-9-23(10-8-22)17-6-5-16-20-19-12-24(16)21-17/h1-6,12,15,25H,7-11H2. The van der Waals surface area contributed by atoms with E-state index in [1.54, 1.807) is 29.0 Å². The number of aromatic nitrogens is 4. The van der Waals surface area contributed by atoms with Crippen LogP contribution in [0.25, 0.3) is 5.65 Å². The molecule has 1 aliphatic rings. The molecule has 7 nitrogen and oxygen atoms in total. The summed E-state index contributed by atoms with van der Waals surface area (Å²) in [5.74, 6) is 0.515. The topological polar surface area (TPSA) is 69.8 Å². The van der Waals surface area contributed by atoms with Crippen molar-refractivity contribution in [2.75, 3.05) is 37.6 Å². The first-order valence-corrected chi connectivity index (χ1v) is 8.27. The Bertz CT molecular complexity index is 861. The van der Waals surface area contributed by atoms with Crippen molar-refractivity contribution in [2.24, 2.45) is 0 Å². The van der Waals surface area contributed by atoms with Crippen molar-refractivity contribution < 1.29 is 9.50 Å². The van der Waals surface area contributed by atoms with Gasteiger partial charge in [-0.15, -0.1) is 15.3 Å². The van der Waals surface area contributed by atoms with Gasteiger partial charge < -0.3 is 10.0 Å². The highest BCUT2D eigenvalue weighted by Crippen LogP contribution is 2.19. The van der Waals surface area contributed by atoms with Crippen LogP contribution in [0.4, 0.5) is 10.2 Å². The van der Waals surface area contributed by atoms with E-state index in [2.05, 4.69) is 25.1 Å². The number of anilines is 1. The smallest absolute Gasteiger partial charge is 0.177 e.